The number of nitrogens with zero attached hydrogens (tertiary/aromatic N) is 5. The van der Waals surface area contributed by atoms with Gasteiger partial charge in [-0.05, 0) is 282 Å². The van der Waals surface area contributed by atoms with Gasteiger partial charge in [-0.25, -0.2) is 38.4 Å². The summed E-state index contributed by atoms with van der Waals surface area (Å²) in [5.41, 5.74) is 12.6. The zero-order valence-corrected chi connectivity index (χ0v) is 76.5. The van der Waals surface area contributed by atoms with Gasteiger partial charge in [0.25, 0.3) is 0 Å². The van der Waals surface area contributed by atoms with Crippen LogP contribution in [0.1, 0.15) is 198 Å². The van der Waals surface area contributed by atoms with Crippen molar-refractivity contribution in [2.45, 2.75) is 209 Å². The highest BCUT2D eigenvalue weighted by Gasteiger charge is 2.44. The quantitative estimate of drug-likeness (QED) is 0.0604. The summed E-state index contributed by atoms with van der Waals surface area (Å²) in [5, 5.41) is 0. The zero-order valence-electron chi connectivity index (χ0n) is 74.9. The van der Waals surface area contributed by atoms with Gasteiger partial charge in [-0.3, -0.25) is 24.6 Å². The second-order valence-electron chi connectivity index (χ2n) is 34.7. The molecule has 0 aliphatic carbocycles. The van der Waals surface area contributed by atoms with Crippen molar-refractivity contribution >= 4 is 69.9 Å². The molecule has 6 aliphatic heterocycles. The van der Waals surface area contributed by atoms with Crippen LogP contribution in [0.15, 0.2) is 135 Å². The number of furan rings is 1. The number of benzene rings is 6. The Labute approximate surface area is 734 Å². The van der Waals surface area contributed by atoms with Crippen LogP contribution in [0, 0.1) is 20.8 Å². The summed E-state index contributed by atoms with van der Waals surface area (Å²) in [6.07, 6.45) is 4.88. The summed E-state index contributed by atoms with van der Waals surface area (Å²) < 4.78 is 83.2. The lowest BCUT2D eigenvalue weighted by atomic mass is 9.92. The number of carbonyl (C=O) groups is 8. The van der Waals surface area contributed by atoms with Crippen molar-refractivity contribution in [2.75, 3.05) is 81.5 Å². The van der Waals surface area contributed by atoms with E-state index in [1.807, 2.05) is 119 Å². The highest BCUT2D eigenvalue weighted by atomic mass is 79.9. The molecule has 0 saturated heterocycles. The van der Waals surface area contributed by atoms with E-state index in [0.717, 1.165) is 113 Å². The first kappa shape index (κ1) is 94.5. The Morgan fingerprint density at radius 3 is 1.13 bits per heavy atom. The molecule has 0 bridgehead atoms. The highest BCUT2D eigenvalue weighted by molar-refractivity contribution is 9.10. The van der Waals surface area contributed by atoms with Crippen molar-refractivity contribution in [1.82, 2.24) is 19.6 Å². The van der Waals surface area contributed by atoms with Gasteiger partial charge < -0.3 is 70.7 Å². The molecule has 666 valence electrons. The number of aliphatic imine (C=N–C) groups is 1. The molecule has 0 N–H and O–H groups in total. The van der Waals surface area contributed by atoms with Crippen LogP contribution in [0.5, 0.6) is 34.5 Å². The summed E-state index contributed by atoms with van der Waals surface area (Å²) in [5.74, 6) is 3.38. The van der Waals surface area contributed by atoms with Crippen molar-refractivity contribution < 1.29 is 109 Å². The van der Waals surface area contributed by atoms with Gasteiger partial charge in [0, 0.05) is 48.2 Å². The molecule has 1 aromatic heterocycles. The van der Waals surface area contributed by atoms with Crippen molar-refractivity contribution in [3.05, 3.63) is 209 Å². The molecule has 0 fully saturated rings. The smallest absolute Gasteiger partial charge is 0.411 e. The van der Waals surface area contributed by atoms with Crippen LogP contribution >= 0.6 is 15.9 Å². The van der Waals surface area contributed by atoms with Crippen LogP contribution in [-0.4, -0.2) is 177 Å². The standard InChI is InChI=1S/C25H28BrNO6.C25H31NO6.C23H29NO6.C22H28N2O5/c1-25(2,3)33-24(29)27-9-7-15-11-18(5-6-19(15)22(27)23(28)30-4)32-14-17-13-21-16(8-10-31-21)12-20(17)26;1-16-13-17(7-10-21(16)29-5)15-31-19-8-9-20-18(14-19)11-12-26(22(20)23(27)30-6)24(28)32-25(2,3)4;1-14-12-28-15(2)19(14)13-29-17-7-8-18-16(11-17)9-10-24(20(18)21(25)27-6)22(26)30-23(3,4)5;1-14-10-16(23-12-14)13-28-17-6-7-18-15(11-17)8-9-24(19(18)20(25)27-5)21(26)29-22(2,3)4/h5-6,11-13,22H,7-10,14H2,1-4H3;7-10,13-14,22H,11-12,15H2,1-6H3;7-8,11-12,20H,9-10,13H2,1-6H3;6-7,10-11,19H,8-9,12-13H2,1-5H3/t2*22-;20-;19-/m1111/s1. The number of hydrogen-bond donors (Lipinski definition) is 0. The molecule has 4 amide bonds. The van der Waals surface area contributed by atoms with Gasteiger partial charge in [-0.1, -0.05) is 51.8 Å². The van der Waals surface area contributed by atoms with Crippen LogP contribution in [0.2, 0.25) is 0 Å². The summed E-state index contributed by atoms with van der Waals surface area (Å²) in [4.78, 5) is 111. The third kappa shape index (κ3) is 24.6. The molecule has 0 radical (unpaired) electrons. The number of halogens is 1. The average molecular weight is 1780 g/mol. The largest absolute Gasteiger partial charge is 0.496 e. The molecule has 28 nitrogen and oxygen atoms in total. The molecule has 0 saturated carbocycles. The number of fused-ring (bicyclic) bond motifs is 5. The molecule has 6 aromatic carbocycles. The first-order valence-corrected chi connectivity index (χ1v) is 42.0. The van der Waals surface area contributed by atoms with Crippen molar-refractivity contribution in [3.8, 4) is 34.5 Å². The van der Waals surface area contributed by atoms with E-state index < -0.39 is 94.8 Å². The van der Waals surface area contributed by atoms with E-state index in [4.69, 9.17) is 70.7 Å². The summed E-state index contributed by atoms with van der Waals surface area (Å²) in [6.45, 7) is 33.9. The van der Waals surface area contributed by atoms with Crippen LogP contribution in [0.4, 0.5) is 19.2 Å². The number of carbonyl (C=O) groups excluding carboxylic acids is 8. The van der Waals surface area contributed by atoms with Gasteiger partial charge in [0.15, 0.2) is 24.2 Å². The summed E-state index contributed by atoms with van der Waals surface area (Å²) in [7, 11) is 6.92. The number of ether oxygens (including phenoxy) is 14. The number of rotatable bonds is 17. The minimum Gasteiger partial charge on any atom is -0.496 e. The maximum absolute atomic E-state index is 12.7. The van der Waals surface area contributed by atoms with Gasteiger partial charge in [-0.2, -0.15) is 0 Å². The van der Waals surface area contributed by atoms with E-state index >= 15 is 0 Å². The molecule has 29 heteroatoms. The second kappa shape index (κ2) is 40.7. The van der Waals surface area contributed by atoms with E-state index in [0.29, 0.717) is 108 Å². The Hall–Kier alpha value is -11.8. The van der Waals surface area contributed by atoms with Crippen molar-refractivity contribution in [3.63, 3.8) is 0 Å². The predicted molar refractivity (Wildman–Crippen MR) is 465 cm³/mol. The minimum atomic E-state index is -0.856. The molecule has 6 aliphatic rings. The number of amides is 4. The lowest BCUT2D eigenvalue weighted by Gasteiger charge is -2.36. The van der Waals surface area contributed by atoms with Crippen molar-refractivity contribution in [2.24, 2.45) is 4.99 Å². The molecule has 7 aromatic rings. The first-order chi connectivity index (χ1) is 58.6. The maximum Gasteiger partial charge on any atom is 0.411 e. The number of hydrogen-bond acceptors (Lipinski definition) is 24. The van der Waals surface area contributed by atoms with E-state index in [9.17, 15) is 38.4 Å². The number of aryl methyl sites for hydroxylation is 3. The molecular weight excluding hydrogens is 1660 g/mol. The third-order valence-corrected chi connectivity index (χ3v) is 21.5. The zero-order chi connectivity index (χ0) is 90.4. The van der Waals surface area contributed by atoms with Crippen molar-refractivity contribution in [1.29, 1.82) is 0 Å². The van der Waals surface area contributed by atoms with Gasteiger partial charge in [0.2, 0.25) is 0 Å². The Bertz CT molecular complexity index is 5120. The van der Waals surface area contributed by atoms with Gasteiger partial charge in [0.05, 0.1) is 60.7 Å². The molecule has 124 heavy (non-hydrogen) atoms. The van der Waals surface area contributed by atoms with E-state index in [-0.39, 0.29) is 0 Å². The van der Waals surface area contributed by atoms with Crippen LogP contribution in [-0.2, 0) is 109 Å². The monoisotopic (exact) mass is 1770 g/mol. The van der Waals surface area contributed by atoms with E-state index in [1.54, 1.807) is 109 Å². The van der Waals surface area contributed by atoms with Crippen LogP contribution in [0.3, 0.4) is 0 Å². The number of esters is 4. The first-order valence-electron chi connectivity index (χ1n) is 41.2. The fraction of sp³-hybridized carbons (Fsp3) is 0.463. The highest BCUT2D eigenvalue weighted by Crippen LogP contribution is 2.41. The summed E-state index contributed by atoms with van der Waals surface area (Å²) in [6, 6.07) is 28.8. The normalized spacial score (nSPS) is 16.8. The molecule has 4 atom stereocenters. The average Bonchev–Trinajstić information content (AvgIpc) is 0.959. The molecule has 0 spiro atoms. The van der Waals surface area contributed by atoms with Gasteiger partial charge in [0.1, 0.15) is 89.1 Å². The lowest BCUT2D eigenvalue weighted by Crippen LogP contribution is -2.46. The van der Waals surface area contributed by atoms with E-state index in [2.05, 4.69) is 27.0 Å². The minimum absolute atomic E-state index is 0.346. The third-order valence-electron chi connectivity index (χ3n) is 20.7. The fourth-order valence-corrected chi connectivity index (χ4v) is 15.3. The molecule has 0 unspecified atom stereocenters. The maximum atomic E-state index is 12.7. The Morgan fingerprint density at radius 1 is 0.427 bits per heavy atom. The number of methoxy groups -OCH3 is 5. The van der Waals surface area contributed by atoms with Crippen LogP contribution < -0.4 is 28.4 Å². The molecule has 13 rings (SSSR count). The van der Waals surface area contributed by atoms with E-state index in [1.165, 1.54) is 59.2 Å². The fourth-order valence-electron chi connectivity index (χ4n) is 14.8. The lowest BCUT2D eigenvalue weighted by molar-refractivity contribution is -0.148. The van der Waals surface area contributed by atoms with Gasteiger partial charge in [-0.15, -0.1) is 0 Å². The Kier molecular flexibility index (Phi) is 31.0. The summed E-state index contributed by atoms with van der Waals surface area (Å²) >= 11 is 3.62. The molecule has 7 heterocycles. The topological polar surface area (TPSA) is 304 Å². The van der Waals surface area contributed by atoms with Crippen LogP contribution in [0.25, 0.3) is 0 Å². The predicted octanol–water partition coefficient (Wildman–Crippen LogP) is 17.5. The SMILES string of the molecule is COC(=O)[C@H]1c2ccc(OCC3=NCC(C)=C3)cc2CCN1C(=O)OC(C)(C)C.COC(=O)[C@H]1c2ccc(OCc3c(C)coc3C)cc2CCN1C(=O)OC(C)(C)C.COC(=O)[C@H]1c2ccc(OCc3cc4c(cc3Br)CCO4)cc2CCN1C(=O)OC(C)(C)C.COC(=O)[C@H]1c2ccc(OCc3ccc(OC)c(C)c3)cc2CCN1C(=O)OC(C)(C)C. The van der Waals surface area contributed by atoms with Gasteiger partial charge >= 0.3 is 48.3 Å². The Morgan fingerprint density at radius 2 is 0.798 bits per heavy atom. The Balaban J connectivity index is 0.000000173. The second-order valence-corrected chi connectivity index (χ2v) is 35.6. The molecular formula is C95H116BrN5O23.